The predicted octanol–water partition coefficient (Wildman–Crippen LogP) is 4.40. The van der Waals surface area contributed by atoms with Crippen molar-refractivity contribution in [2.75, 3.05) is 32.7 Å². The maximum absolute atomic E-state index is 2.73. The van der Waals surface area contributed by atoms with Gasteiger partial charge in [-0.25, -0.2) is 0 Å². The van der Waals surface area contributed by atoms with Gasteiger partial charge in [-0.05, 0) is 95.9 Å². The fourth-order valence-electron chi connectivity index (χ4n) is 4.10. The molecule has 2 nitrogen and oxygen atoms in total. The van der Waals surface area contributed by atoms with Crippen LogP contribution in [0.3, 0.4) is 0 Å². The average Bonchev–Trinajstić information content (AvgIpc) is 2.40. The molecule has 0 aromatic carbocycles. The van der Waals surface area contributed by atoms with Gasteiger partial charge in [0.05, 0.1) is 0 Å². The quantitative estimate of drug-likeness (QED) is 0.758. The Hall–Kier alpha value is -0.0800. The lowest BCUT2D eigenvalue weighted by molar-refractivity contribution is 0.0242. The molecule has 0 bridgehead atoms. The molecule has 0 aromatic rings. The summed E-state index contributed by atoms with van der Waals surface area (Å²) in [5.74, 6) is 0. The van der Waals surface area contributed by atoms with E-state index in [2.05, 4.69) is 44.4 Å². The molecule has 0 atom stereocenters. The van der Waals surface area contributed by atoms with E-state index in [4.69, 9.17) is 0 Å². The Kier molecular flexibility index (Phi) is 5.76. The number of rotatable bonds is 4. The molecule has 124 valence electrons. The zero-order valence-electron chi connectivity index (χ0n) is 15.2. The van der Waals surface area contributed by atoms with Crippen molar-refractivity contribution in [3.8, 4) is 0 Å². The van der Waals surface area contributed by atoms with Crippen LogP contribution < -0.4 is 0 Å². The van der Waals surface area contributed by atoms with Crippen molar-refractivity contribution in [2.45, 2.75) is 79.2 Å². The maximum atomic E-state index is 2.73. The molecule has 2 heterocycles. The third-order valence-corrected chi connectivity index (χ3v) is 5.91. The highest BCUT2D eigenvalue weighted by atomic mass is 15.2. The van der Waals surface area contributed by atoms with Gasteiger partial charge in [0.15, 0.2) is 0 Å². The first-order valence-corrected chi connectivity index (χ1v) is 9.26. The van der Waals surface area contributed by atoms with Gasteiger partial charge in [-0.15, -0.1) is 0 Å². The predicted molar refractivity (Wildman–Crippen MR) is 92.7 cm³/mol. The second kappa shape index (κ2) is 7.00. The molecular formula is C19H38N2. The second-order valence-electron chi connectivity index (χ2n) is 9.14. The minimum absolute atomic E-state index is 0.501. The molecule has 0 saturated carbocycles. The number of hydrogen-bond acceptors (Lipinski definition) is 2. The van der Waals surface area contributed by atoms with Crippen molar-refractivity contribution in [1.82, 2.24) is 9.80 Å². The van der Waals surface area contributed by atoms with Gasteiger partial charge in [-0.1, -0.05) is 20.8 Å². The Morgan fingerprint density at radius 1 is 0.905 bits per heavy atom. The molecule has 0 amide bonds. The topological polar surface area (TPSA) is 6.48 Å². The summed E-state index contributed by atoms with van der Waals surface area (Å²) < 4.78 is 0. The molecule has 2 aliphatic heterocycles. The van der Waals surface area contributed by atoms with Crippen LogP contribution in [0.1, 0.15) is 73.1 Å². The van der Waals surface area contributed by atoms with Crippen LogP contribution in [0.2, 0.25) is 0 Å². The van der Waals surface area contributed by atoms with Gasteiger partial charge >= 0.3 is 0 Å². The van der Waals surface area contributed by atoms with E-state index in [1.807, 2.05) is 0 Å². The van der Waals surface area contributed by atoms with Crippen LogP contribution in [0.5, 0.6) is 0 Å². The zero-order valence-corrected chi connectivity index (χ0v) is 15.2. The number of piperidine rings is 2. The van der Waals surface area contributed by atoms with Gasteiger partial charge in [-0.3, -0.25) is 0 Å². The van der Waals surface area contributed by atoms with Crippen molar-refractivity contribution in [1.29, 1.82) is 0 Å². The van der Waals surface area contributed by atoms with Crippen LogP contribution in [0, 0.1) is 10.8 Å². The molecule has 2 heteroatoms. The Morgan fingerprint density at radius 3 is 1.90 bits per heavy atom. The first kappa shape index (κ1) is 17.3. The van der Waals surface area contributed by atoms with E-state index in [9.17, 15) is 0 Å². The molecule has 2 fully saturated rings. The molecule has 0 unspecified atom stereocenters. The highest BCUT2D eigenvalue weighted by molar-refractivity contribution is 4.91. The van der Waals surface area contributed by atoms with Crippen LogP contribution in [0.15, 0.2) is 0 Å². The lowest BCUT2D eigenvalue weighted by Gasteiger charge is -2.48. The normalized spacial score (nSPS) is 24.9. The van der Waals surface area contributed by atoms with Crippen LogP contribution >= 0.6 is 0 Å². The van der Waals surface area contributed by atoms with E-state index >= 15 is 0 Å². The van der Waals surface area contributed by atoms with E-state index in [1.165, 1.54) is 71.2 Å². The van der Waals surface area contributed by atoms with Crippen LogP contribution in [-0.2, 0) is 0 Å². The van der Waals surface area contributed by atoms with Gasteiger partial charge in [0.1, 0.15) is 0 Å². The lowest BCUT2D eigenvalue weighted by Crippen LogP contribution is -2.48. The summed E-state index contributed by atoms with van der Waals surface area (Å²) in [6.07, 6.45) is 8.53. The molecule has 0 aromatic heterocycles. The fourth-order valence-corrected chi connectivity index (χ4v) is 4.10. The van der Waals surface area contributed by atoms with Crippen molar-refractivity contribution in [3.05, 3.63) is 0 Å². The minimum Gasteiger partial charge on any atom is -0.303 e. The third-order valence-electron chi connectivity index (χ3n) is 5.91. The van der Waals surface area contributed by atoms with Crippen molar-refractivity contribution in [2.24, 2.45) is 10.8 Å². The third kappa shape index (κ3) is 5.25. The summed E-state index contributed by atoms with van der Waals surface area (Å²) in [6, 6.07) is 0.736. The fraction of sp³-hybridized carbons (Fsp3) is 1.00. The minimum atomic E-state index is 0.501. The molecular weight excluding hydrogens is 256 g/mol. The van der Waals surface area contributed by atoms with Gasteiger partial charge in [0.25, 0.3) is 0 Å². The largest absolute Gasteiger partial charge is 0.303 e. The van der Waals surface area contributed by atoms with Crippen LogP contribution in [-0.4, -0.2) is 48.6 Å². The van der Waals surface area contributed by atoms with Crippen molar-refractivity contribution >= 4 is 0 Å². The van der Waals surface area contributed by atoms with E-state index in [1.54, 1.807) is 0 Å². The molecule has 2 aliphatic rings. The van der Waals surface area contributed by atoms with Gasteiger partial charge in [-0.2, -0.15) is 0 Å². The van der Waals surface area contributed by atoms with E-state index in [-0.39, 0.29) is 0 Å². The SMILES string of the molecule is CC(C)N1CCC2(CCN(CCCC(C)(C)C)CC2)CC1. The summed E-state index contributed by atoms with van der Waals surface area (Å²) >= 11 is 0. The van der Waals surface area contributed by atoms with E-state index in [0.29, 0.717) is 10.8 Å². The first-order chi connectivity index (χ1) is 9.80. The van der Waals surface area contributed by atoms with Gasteiger partial charge in [0.2, 0.25) is 0 Å². The maximum Gasteiger partial charge on any atom is 0.00385 e. The monoisotopic (exact) mass is 294 g/mol. The Bertz CT molecular complexity index is 298. The first-order valence-electron chi connectivity index (χ1n) is 9.26. The molecule has 2 saturated heterocycles. The lowest BCUT2D eigenvalue weighted by atomic mass is 9.71. The summed E-state index contributed by atoms with van der Waals surface area (Å²) in [5.41, 5.74) is 1.20. The number of hydrogen-bond donors (Lipinski definition) is 0. The molecule has 2 rings (SSSR count). The standard InChI is InChI=1S/C19H38N2/c1-17(2)21-15-10-19(11-16-21)8-13-20(14-9-19)12-6-7-18(3,4)5/h17H,6-16H2,1-5H3. The van der Waals surface area contributed by atoms with Crippen LogP contribution in [0.25, 0.3) is 0 Å². The molecule has 0 aliphatic carbocycles. The number of likely N-dealkylation sites (tertiary alicyclic amines) is 2. The Morgan fingerprint density at radius 2 is 1.43 bits per heavy atom. The average molecular weight is 295 g/mol. The molecule has 0 N–H and O–H groups in total. The second-order valence-corrected chi connectivity index (χ2v) is 9.14. The summed E-state index contributed by atoms with van der Waals surface area (Å²) in [7, 11) is 0. The van der Waals surface area contributed by atoms with Crippen LogP contribution in [0.4, 0.5) is 0 Å². The Balaban J connectivity index is 1.69. The molecule has 21 heavy (non-hydrogen) atoms. The zero-order chi connectivity index (χ0) is 15.5. The highest BCUT2D eigenvalue weighted by Gasteiger charge is 2.37. The van der Waals surface area contributed by atoms with Crippen molar-refractivity contribution in [3.63, 3.8) is 0 Å². The van der Waals surface area contributed by atoms with E-state index in [0.717, 1.165) is 6.04 Å². The molecule has 1 spiro atoms. The van der Waals surface area contributed by atoms with Gasteiger partial charge in [0, 0.05) is 6.04 Å². The molecule has 0 radical (unpaired) electrons. The van der Waals surface area contributed by atoms with Crippen molar-refractivity contribution < 1.29 is 0 Å². The number of nitrogens with zero attached hydrogens (tertiary/aromatic N) is 2. The Labute approximate surface area is 133 Å². The van der Waals surface area contributed by atoms with E-state index < -0.39 is 0 Å². The summed E-state index contributed by atoms with van der Waals surface area (Å²) in [4.78, 5) is 5.40. The van der Waals surface area contributed by atoms with Gasteiger partial charge < -0.3 is 9.80 Å². The summed E-state index contributed by atoms with van der Waals surface area (Å²) in [5, 5.41) is 0. The summed E-state index contributed by atoms with van der Waals surface area (Å²) in [6.45, 7) is 18.5. The highest BCUT2D eigenvalue weighted by Crippen LogP contribution is 2.41. The smallest absolute Gasteiger partial charge is 0.00385 e.